The molecule has 4 amide bonds. The van der Waals surface area contributed by atoms with Crippen molar-refractivity contribution in [3.8, 4) is 0 Å². The smallest absolute Gasteiger partial charge is 0.261 e. The number of hydrogen-bond acceptors (Lipinski definition) is 4. The van der Waals surface area contributed by atoms with Gasteiger partial charge in [0.05, 0.1) is 0 Å². The number of halogens is 1. The maximum Gasteiger partial charge on any atom is 0.261 e. The number of imide groups is 2. The van der Waals surface area contributed by atoms with E-state index in [2.05, 4.69) is 43.6 Å². The molecule has 5 aromatic rings. The van der Waals surface area contributed by atoms with Crippen molar-refractivity contribution in [3.05, 3.63) is 68.7 Å². The van der Waals surface area contributed by atoms with E-state index in [9.17, 15) is 19.2 Å². The average Bonchev–Trinajstić information content (AvgIpc) is 2.94. The zero-order valence-corrected chi connectivity index (χ0v) is 27.7. The number of carbonyl (C=O) groups excluding carboxylic acids is 4. The molecule has 6 nitrogen and oxygen atoms in total. The van der Waals surface area contributed by atoms with Gasteiger partial charge in [-0.15, -0.1) is 0 Å². The highest BCUT2D eigenvalue weighted by Gasteiger charge is 2.40. The van der Waals surface area contributed by atoms with Gasteiger partial charge in [-0.25, -0.2) is 0 Å². The van der Waals surface area contributed by atoms with Crippen LogP contribution in [0.1, 0.15) is 101 Å². The number of benzene rings is 5. The topological polar surface area (TPSA) is 74.8 Å². The van der Waals surface area contributed by atoms with Crippen LogP contribution in [0, 0.1) is 18.8 Å². The predicted molar refractivity (Wildman–Crippen MR) is 179 cm³/mol. The third-order valence-corrected chi connectivity index (χ3v) is 10.2. The lowest BCUT2D eigenvalue weighted by molar-refractivity contribution is 0.0519. The van der Waals surface area contributed by atoms with E-state index in [1.54, 1.807) is 0 Å². The van der Waals surface area contributed by atoms with Gasteiger partial charge in [0, 0.05) is 60.4 Å². The van der Waals surface area contributed by atoms with Crippen LogP contribution in [0.15, 0.2) is 40.9 Å². The summed E-state index contributed by atoms with van der Waals surface area (Å²) < 4.78 is 0.738. The van der Waals surface area contributed by atoms with Gasteiger partial charge < -0.3 is 0 Å². The van der Waals surface area contributed by atoms with Crippen molar-refractivity contribution >= 4 is 82.6 Å². The average molecular weight is 652 g/mol. The van der Waals surface area contributed by atoms with Crippen LogP contribution in [0.5, 0.6) is 0 Å². The summed E-state index contributed by atoms with van der Waals surface area (Å²) in [5, 5.41) is 6.65. The van der Waals surface area contributed by atoms with Crippen LogP contribution in [-0.4, -0.2) is 45.5 Å². The summed E-state index contributed by atoms with van der Waals surface area (Å²) in [6, 6.07) is 10.9. The van der Waals surface area contributed by atoms with E-state index in [4.69, 9.17) is 0 Å². The molecule has 2 unspecified atom stereocenters. The molecule has 0 saturated carbocycles. The number of amides is 4. The number of aryl methyl sites for hydroxylation is 1. The fourth-order valence-electron chi connectivity index (χ4n) is 8.03. The van der Waals surface area contributed by atoms with Crippen molar-refractivity contribution in [3.63, 3.8) is 0 Å². The van der Waals surface area contributed by atoms with Crippen LogP contribution in [-0.2, 0) is 0 Å². The van der Waals surface area contributed by atoms with Crippen LogP contribution in [0.4, 0.5) is 0 Å². The van der Waals surface area contributed by atoms with E-state index in [1.165, 1.54) is 9.80 Å². The molecule has 2 atom stereocenters. The summed E-state index contributed by atoms with van der Waals surface area (Å²) in [6.07, 6.45) is 1.45. The number of nitrogens with zero attached hydrogens (tertiary/aromatic N) is 2. The molecule has 0 bridgehead atoms. The highest BCUT2D eigenvalue weighted by molar-refractivity contribution is 9.10. The summed E-state index contributed by atoms with van der Waals surface area (Å²) in [6.45, 7) is 14.2. The normalized spacial score (nSPS) is 16.7. The van der Waals surface area contributed by atoms with Gasteiger partial charge in [0.1, 0.15) is 0 Å². The van der Waals surface area contributed by atoms with Gasteiger partial charge in [-0.1, -0.05) is 55.8 Å². The Labute approximate surface area is 264 Å². The van der Waals surface area contributed by atoms with E-state index in [1.807, 2.05) is 57.2 Å². The van der Waals surface area contributed by atoms with Gasteiger partial charge >= 0.3 is 0 Å². The van der Waals surface area contributed by atoms with E-state index in [0.717, 1.165) is 55.2 Å². The van der Waals surface area contributed by atoms with E-state index < -0.39 is 0 Å². The zero-order valence-electron chi connectivity index (χ0n) is 26.1. The lowest BCUT2D eigenvalue weighted by Gasteiger charge is -2.35. The molecule has 7 heteroatoms. The van der Waals surface area contributed by atoms with Crippen LogP contribution < -0.4 is 0 Å². The maximum absolute atomic E-state index is 14.0. The second-order valence-electron chi connectivity index (χ2n) is 13.6. The van der Waals surface area contributed by atoms with Crippen molar-refractivity contribution in [1.29, 1.82) is 0 Å². The van der Waals surface area contributed by atoms with E-state index in [0.29, 0.717) is 44.9 Å². The molecule has 2 aliphatic heterocycles. The standard InChI is InChI=1S/C37H35BrN2O4/c1-16(2)12-19(6)39-34(41)23-11-9-22-31-27(38)15-26-30-24(35(42)40(37(26)44)20(7)13-17(3)4)10-8-21(33(30)31)28-18(5)14-25(36(39)43)29(23)32(22)28/h8-11,14-17,19-20H,12-13H2,1-7H3. The molecule has 0 radical (unpaired) electrons. The van der Waals surface area contributed by atoms with Gasteiger partial charge in [0.2, 0.25) is 0 Å². The van der Waals surface area contributed by atoms with Gasteiger partial charge in [-0.2, -0.15) is 0 Å². The number of carbonyl (C=O) groups is 4. The molecule has 0 spiro atoms. The largest absolute Gasteiger partial charge is 0.272 e. The van der Waals surface area contributed by atoms with Crippen LogP contribution in [0.3, 0.4) is 0 Å². The molecule has 2 heterocycles. The molecule has 0 aliphatic carbocycles. The quantitative estimate of drug-likeness (QED) is 0.104. The Bertz CT molecular complexity index is 1980. The number of rotatable bonds is 6. The summed E-state index contributed by atoms with van der Waals surface area (Å²) in [5.74, 6) is -0.401. The summed E-state index contributed by atoms with van der Waals surface area (Å²) in [5.41, 5.74) is 3.01. The molecule has 7 rings (SSSR count). The first-order chi connectivity index (χ1) is 20.8. The molecule has 44 heavy (non-hydrogen) atoms. The van der Waals surface area contributed by atoms with Gasteiger partial charge in [-0.05, 0) is 96.8 Å². The third-order valence-electron chi connectivity index (χ3n) is 9.56. The van der Waals surface area contributed by atoms with Gasteiger partial charge in [0.15, 0.2) is 0 Å². The first kappa shape index (κ1) is 28.9. The molecule has 5 aromatic carbocycles. The molecule has 0 fully saturated rings. The van der Waals surface area contributed by atoms with Crippen LogP contribution >= 0.6 is 15.9 Å². The first-order valence-electron chi connectivity index (χ1n) is 15.5. The third kappa shape index (κ3) is 3.77. The fourth-order valence-corrected chi connectivity index (χ4v) is 8.67. The summed E-state index contributed by atoms with van der Waals surface area (Å²) >= 11 is 3.81. The van der Waals surface area contributed by atoms with Crippen molar-refractivity contribution in [2.24, 2.45) is 11.8 Å². The SMILES string of the molecule is Cc1cc2c3c(ccc4c5c(Br)cc6c7c(ccc(c1c34)c75)C(=O)N(C(C)CC(C)C)C6=O)C(=O)N(C(C)CC(C)C)C2=O. The Kier molecular flexibility index (Phi) is 6.46. The number of fused-ring (bicyclic) bond motifs is 2. The first-order valence-corrected chi connectivity index (χ1v) is 16.3. The van der Waals surface area contributed by atoms with Gasteiger partial charge in [0.25, 0.3) is 23.6 Å². The molecule has 0 saturated heterocycles. The van der Waals surface area contributed by atoms with Crippen molar-refractivity contribution in [2.45, 2.75) is 73.4 Å². The minimum Gasteiger partial charge on any atom is -0.272 e. The summed E-state index contributed by atoms with van der Waals surface area (Å²) in [7, 11) is 0. The lowest BCUT2D eigenvalue weighted by Crippen LogP contribution is -2.46. The molecule has 224 valence electrons. The maximum atomic E-state index is 14.0. The second-order valence-corrected chi connectivity index (χ2v) is 14.5. The fraction of sp³-hybridized carbons (Fsp3) is 0.351. The molecular formula is C37H35BrN2O4. The second kappa shape index (κ2) is 9.83. The zero-order chi connectivity index (χ0) is 31.5. The van der Waals surface area contributed by atoms with Crippen molar-refractivity contribution in [1.82, 2.24) is 9.80 Å². The monoisotopic (exact) mass is 650 g/mol. The summed E-state index contributed by atoms with van der Waals surface area (Å²) in [4.78, 5) is 58.7. The highest BCUT2D eigenvalue weighted by Crippen LogP contribution is 2.49. The highest BCUT2D eigenvalue weighted by atomic mass is 79.9. The Morgan fingerprint density at radius 2 is 0.955 bits per heavy atom. The van der Waals surface area contributed by atoms with E-state index >= 15 is 0 Å². The lowest BCUT2D eigenvalue weighted by atomic mass is 9.80. The molecular weight excluding hydrogens is 616 g/mol. The number of hydrogen-bond donors (Lipinski definition) is 0. The van der Waals surface area contributed by atoms with Crippen LogP contribution in [0.2, 0.25) is 0 Å². The molecule has 0 aromatic heterocycles. The van der Waals surface area contributed by atoms with Crippen LogP contribution in [0.25, 0.3) is 43.1 Å². The van der Waals surface area contributed by atoms with Gasteiger partial charge in [-0.3, -0.25) is 29.0 Å². The molecule has 2 aliphatic rings. The Morgan fingerprint density at radius 1 is 0.545 bits per heavy atom. The minimum atomic E-state index is -0.278. The molecule has 0 N–H and O–H groups in total. The Balaban J connectivity index is 1.56. The minimum absolute atomic E-state index is 0.227. The Hall–Kier alpha value is -3.84. The Morgan fingerprint density at radius 3 is 1.43 bits per heavy atom. The van der Waals surface area contributed by atoms with Crippen molar-refractivity contribution < 1.29 is 19.2 Å². The van der Waals surface area contributed by atoms with E-state index in [-0.39, 0.29) is 35.7 Å². The predicted octanol–water partition coefficient (Wildman–Crippen LogP) is 8.87. The van der Waals surface area contributed by atoms with Crippen molar-refractivity contribution in [2.75, 3.05) is 0 Å².